The van der Waals surface area contributed by atoms with Crippen LogP contribution in [0, 0.1) is 11.3 Å². The molecule has 1 N–H and O–H groups in total. The maximum absolute atomic E-state index is 9.08. The Morgan fingerprint density at radius 3 is 2.68 bits per heavy atom. The summed E-state index contributed by atoms with van der Waals surface area (Å²) in [4.78, 5) is 2.49. The van der Waals surface area contributed by atoms with Crippen molar-refractivity contribution in [2.45, 2.75) is 18.8 Å². The van der Waals surface area contributed by atoms with Gasteiger partial charge in [0, 0.05) is 31.7 Å². The smallest absolute Gasteiger partial charge is 0.124 e. The number of hydrogen-bond acceptors (Lipinski definition) is 5. The molecule has 2 atom stereocenters. The van der Waals surface area contributed by atoms with Crippen LogP contribution in [0.2, 0.25) is 0 Å². The Morgan fingerprint density at radius 2 is 1.89 bits per heavy atom. The van der Waals surface area contributed by atoms with E-state index in [1.807, 2.05) is 36.4 Å². The van der Waals surface area contributed by atoms with Gasteiger partial charge < -0.3 is 14.8 Å². The average molecular weight is 422 g/mol. The number of ether oxygens (including phenoxy) is 2. The maximum Gasteiger partial charge on any atom is 0.124 e. The predicted octanol–water partition coefficient (Wildman–Crippen LogP) is 3.33. The van der Waals surface area contributed by atoms with E-state index in [4.69, 9.17) is 14.7 Å². The highest BCUT2D eigenvalue weighted by molar-refractivity contribution is 5.85. The van der Waals surface area contributed by atoms with Gasteiger partial charge in [0.15, 0.2) is 0 Å². The molecule has 0 bridgehead atoms. The first-order valence-corrected chi connectivity index (χ1v) is 9.12. The molecule has 150 valence electrons. The number of nitrogens with zero attached hydrogens (tertiary/aromatic N) is 2. The van der Waals surface area contributed by atoms with Crippen molar-refractivity contribution in [1.82, 2.24) is 10.2 Å². The Morgan fingerprint density at radius 1 is 1.11 bits per heavy atom. The average Bonchev–Trinajstić information content (AvgIpc) is 2.72. The van der Waals surface area contributed by atoms with Crippen molar-refractivity contribution >= 4 is 24.8 Å². The second-order valence-electron chi connectivity index (χ2n) is 6.74. The fraction of sp³-hybridized carbons (Fsp3) is 0.381. The summed E-state index contributed by atoms with van der Waals surface area (Å²) in [5.41, 5.74) is 2.88. The fourth-order valence-corrected chi connectivity index (χ4v) is 3.78. The lowest BCUT2D eigenvalue weighted by Gasteiger charge is -2.42. The summed E-state index contributed by atoms with van der Waals surface area (Å²) in [6.45, 7) is 5.02. The molecule has 2 aliphatic heterocycles. The van der Waals surface area contributed by atoms with Crippen LogP contribution in [-0.2, 0) is 11.3 Å². The van der Waals surface area contributed by atoms with Gasteiger partial charge in [0.1, 0.15) is 18.5 Å². The quantitative estimate of drug-likeness (QED) is 0.820. The summed E-state index contributed by atoms with van der Waals surface area (Å²) in [5.74, 6) is 0.961. The van der Waals surface area contributed by atoms with Gasteiger partial charge in [-0.1, -0.05) is 30.3 Å². The summed E-state index contributed by atoms with van der Waals surface area (Å²) in [6, 6.07) is 18.2. The van der Waals surface area contributed by atoms with Gasteiger partial charge in [-0.2, -0.15) is 5.26 Å². The zero-order chi connectivity index (χ0) is 17.8. The van der Waals surface area contributed by atoms with E-state index in [2.05, 4.69) is 28.4 Å². The first-order valence-electron chi connectivity index (χ1n) is 9.12. The lowest BCUT2D eigenvalue weighted by atomic mass is 9.95. The lowest BCUT2D eigenvalue weighted by Crippen LogP contribution is -2.51. The zero-order valence-electron chi connectivity index (χ0n) is 15.5. The highest BCUT2D eigenvalue weighted by Crippen LogP contribution is 2.37. The van der Waals surface area contributed by atoms with Crippen LogP contribution in [0.1, 0.15) is 22.7 Å². The van der Waals surface area contributed by atoms with Crippen LogP contribution >= 0.6 is 24.8 Å². The van der Waals surface area contributed by atoms with Crippen LogP contribution < -0.4 is 10.1 Å². The molecule has 7 heteroatoms. The van der Waals surface area contributed by atoms with Crippen LogP contribution in [0.4, 0.5) is 0 Å². The molecule has 2 aromatic rings. The molecule has 2 aromatic carbocycles. The van der Waals surface area contributed by atoms with Gasteiger partial charge in [-0.15, -0.1) is 24.8 Å². The highest BCUT2D eigenvalue weighted by Gasteiger charge is 2.36. The molecule has 0 saturated carbocycles. The first-order chi connectivity index (χ1) is 12.8. The molecular formula is C21H25Cl2N3O2. The zero-order valence-corrected chi connectivity index (χ0v) is 17.2. The van der Waals surface area contributed by atoms with Gasteiger partial charge in [0.2, 0.25) is 0 Å². The van der Waals surface area contributed by atoms with E-state index in [-0.39, 0.29) is 37.0 Å². The van der Waals surface area contributed by atoms with Gasteiger partial charge in [-0.05, 0) is 23.8 Å². The van der Waals surface area contributed by atoms with E-state index < -0.39 is 0 Å². The molecule has 1 saturated heterocycles. The van der Waals surface area contributed by atoms with Crippen LogP contribution in [-0.4, -0.2) is 43.8 Å². The molecule has 0 aliphatic carbocycles. The molecule has 2 heterocycles. The summed E-state index contributed by atoms with van der Waals surface area (Å²) >= 11 is 0. The normalized spacial score (nSPS) is 21.2. The van der Waals surface area contributed by atoms with Crippen LogP contribution in [0.25, 0.3) is 0 Å². The van der Waals surface area contributed by atoms with E-state index in [9.17, 15) is 0 Å². The first kappa shape index (κ1) is 22.5. The van der Waals surface area contributed by atoms with Crippen molar-refractivity contribution < 1.29 is 9.47 Å². The number of benzene rings is 2. The van der Waals surface area contributed by atoms with E-state index >= 15 is 0 Å². The fourth-order valence-electron chi connectivity index (χ4n) is 3.78. The number of rotatable bonds is 4. The van der Waals surface area contributed by atoms with Crippen molar-refractivity contribution in [2.24, 2.45) is 0 Å². The summed E-state index contributed by atoms with van der Waals surface area (Å²) < 4.78 is 12.3. The van der Waals surface area contributed by atoms with E-state index in [0.29, 0.717) is 18.8 Å². The number of piperazine rings is 1. The van der Waals surface area contributed by atoms with Crippen molar-refractivity contribution in [1.29, 1.82) is 5.26 Å². The molecule has 5 nitrogen and oxygen atoms in total. The van der Waals surface area contributed by atoms with Gasteiger partial charge in [0.25, 0.3) is 0 Å². The minimum Gasteiger partial charge on any atom is -0.490 e. The second-order valence-corrected chi connectivity index (χ2v) is 6.74. The Bertz CT molecular complexity index is 806. The number of halogens is 2. The minimum atomic E-state index is -0.0336. The molecule has 2 aliphatic rings. The number of hydrogen-bond donors (Lipinski definition) is 1. The summed E-state index contributed by atoms with van der Waals surface area (Å²) in [5, 5.41) is 12.5. The number of fused-ring (bicyclic) bond motifs is 1. The molecule has 4 rings (SSSR count). The van der Waals surface area contributed by atoms with Gasteiger partial charge in [-0.25, -0.2) is 0 Å². The molecule has 0 spiro atoms. The van der Waals surface area contributed by atoms with E-state index in [0.717, 1.165) is 37.5 Å². The molecular weight excluding hydrogens is 397 g/mol. The van der Waals surface area contributed by atoms with Crippen molar-refractivity contribution in [3.63, 3.8) is 0 Å². The van der Waals surface area contributed by atoms with Gasteiger partial charge in [0.05, 0.1) is 24.3 Å². The number of nitriles is 1. The van der Waals surface area contributed by atoms with Gasteiger partial charge in [-0.3, -0.25) is 4.90 Å². The Hall–Kier alpha value is -1.81. The summed E-state index contributed by atoms with van der Waals surface area (Å²) in [6.07, 6.45) is -0.0336. The third-order valence-corrected chi connectivity index (χ3v) is 5.06. The largest absolute Gasteiger partial charge is 0.490 e. The number of nitrogens with one attached hydrogen (secondary N) is 1. The van der Waals surface area contributed by atoms with E-state index in [1.165, 1.54) is 5.56 Å². The Balaban J connectivity index is 0.00000140. The monoisotopic (exact) mass is 421 g/mol. The third kappa shape index (κ3) is 4.96. The minimum absolute atomic E-state index is 0. The topological polar surface area (TPSA) is 57.5 Å². The van der Waals surface area contributed by atoms with Crippen molar-refractivity contribution in [3.05, 3.63) is 65.2 Å². The van der Waals surface area contributed by atoms with Crippen LogP contribution in [0.15, 0.2) is 48.5 Å². The van der Waals surface area contributed by atoms with Crippen LogP contribution in [0.5, 0.6) is 5.75 Å². The lowest BCUT2D eigenvalue weighted by molar-refractivity contribution is -0.0617. The van der Waals surface area contributed by atoms with Crippen molar-refractivity contribution in [3.8, 4) is 11.8 Å². The predicted molar refractivity (Wildman–Crippen MR) is 113 cm³/mol. The SMILES string of the molecule is Cl.Cl.N#Cc1cccc(CO[C@H]2COc3ccccc3[C@@H]2N2CCNCC2)c1. The molecule has 0 aromatic heterocycles. The molecule has 0 radical (unpaired) electrons. The van der Waals surface area contributed by atoms with Gasteiger partial charge >= 0.3 is 0 Å². The second kappa shape index (κ2) is 10.7. The van der Waals surface area contributed by atoms with E-state index in [1.54, 1.807) is 0 Å². The number of para-hydroxylation sites is 1. The van der Waals surface area contributed by atoms with Crippen LogP contribution in [0.3, 0.4) is 0 Å². The summed E-state index contributed by atoms with van der Waals surface area (Å²) in [7, 11) is 0. The van der Waals surface area contributed by atoms with Crippen molar-refractivity contribution in [2.75, 3.05) is 32.8 Å². The Labute approximate surface area is 178 Å². The standard InChI is InChI=1S/C21H23N3O2.2ClH/c22-13-16-4-3-5-17(12-16)14-25-20-15-26-19-7-2-1-6-18(19)21(20)24-10-8-23-9-11-24;;/h1-7,12,20-21,23H,8-11,14-15H2;2*1H/t20-,21-;;/m0../s1. The molecule has 28 heavy (non-hydrogen) atoms. The highest BCUT2D eigenvalue weighted by atomic mass is 35.5. The maximum atomic E-state index is 9.08. The molecule has 1 fully saturated rings. The third-order valence-electron chi connectivity index (χ3n) is 5.06. The molecule has 0 amide bonds. The Kier molecular flexibility index (Phi) is 8.56. The molecule has 0 unspecified atom stereocenters.